The first kappa shape index (κ1) is 16.5. The molecule has 0 spiro atoms. The van der Waals surface area contributed by atoms with E-state index in [-0.39, 0.29) is 11.5 Å². The monoisotopic (exact) mass is 322 g/mol. The molecule has 2 aromatic rings. The molecule has 1 unspecified atom stereocenters. The third-order valence-corrected chi connectivity index (χ3v) is 4.78. The Labute approximate surface area is 136 Å². The molecule has 4 heteroatoms. The lowest BCUT2D eigenvalue weighted by Crippen LogP contribution is -2.19. The lowest BCUT2D eigenvalue weighted by Gasteiger charge is -2.18. The van der Waals surface area contributed by atoms with Crippen LogP contribution in [0.5, 0.6) is 0 Å². The highest BCUT2D eigenvalue weighted by atomic mass is 35.5. The van der Waals surface area contributed by atoms with E-state index in [1.165, 1.54) is 5.56 Å². The number of nitrogens with zero attached hydrogens (tertiary/aromatic N) is 1. The molecule has 1 aromatic heterocycles. The highest BCUT2D eigenvalue weighted by Crippen LogP contribution is 2.29. The van der Waals surface area contributed by atoms with Gasteiger partial charge in [0.15, 0.2) is 0 Å². The van der Waals surface area contributed by atoms with E-state index in [4.69, 9.17) is 16.6 Å². The lowest BCUT2D eigenvalue weighted by molar-refractivity contribution is 0.560. The summed E-state index contributed by atoms with van der Waals surface area (Å²) in [5.74, 6) is 0. The molecule has 0 radical (unpaired) electrons. The van der Waals surface area contributed by atoms with E-state index in [1.807, 2.05) is 13.1 Å². The Balaban J connectivity index is 2.21. The van der Waals surface area contributed by atoms with Crippen LogP contribution in [0, 0.1) is 6.92 Å². The van der Waals surface area contributed by atoms with E-state index < -0.39 is 0 Å². The molecule has 0 amide bonds. The first-order chi connectivity index (χ1) is 9.81. The summed E-state index contributed by atoms with van der Waals surface area (Å²) in [7, 11) is 1.97. The van der Waals surface area contributed by atoms with Crippen molar-refractivity contribution >= 4 is 22.9 Å². The van der Waals surface area contributed by atoms with Gasteiger partial charge in [-0.15, -0.1) is 11.3 Å². The van der Waals surface area contributed by atoms with E-state index in [9.17, 15) is 0 Å². The first-order valence-electron chi connectivity index (χ1n) is 7.19. The highest BCUT2D eigenvalue weighted by Gasteiger charge is 2.20. The maximum atomic E-state index is 6.39. The number of nitrogens with one attached hydrogen (secondary N) is 1. The number of aromatic nitrogens is 1. The van der Waals surface area contributed by atoms with Gasteiger partial charge in [0.25, 0.3) is 0 Å². The van der Waals surface area contributed by atoms with E-state index in [1.54, 1.807) is 11.3 Å². The van der Waals surface area contributed by atoms with Crippen LogP contribution in [0.3, 0.4) is 0 Å². The maximum Gasteiger partial charge on any atom is 0.0947 e. The van der Waals surface area contributed by atoms with Crippen molar-refractivity contribution < 1.29 is 0 Å². The van der Waals surface area contributed by atoms with Crippen molar-refractivity contribution in [3.63, 3.8) is 0 Å². The maximum absolute atomic E-state index is 6.39. The Morgan fingerprint density at radius 2 is 2.05 bits per heavy atom. The molecule has 0 aliphatic carbocycles. The summed E-state index contributed by atoms with van der Waals surface area (Å²) in [5.41, 5.74) is 3.58. The smallest absolute Gasteiger partial charge is 0.0947 e. The molecule has 0 aliphatic rings. The van der Waals surface area contributed by atoms with Crippen molar-refractivity contribution in [1.29, 1.82) is 0 Å². The average molecular weight is 323 g/mol. The largest absolute Gasteiger partial charge is 0.313 e. The molecule has 2 rings (SSSR count). The minimum atomic E-state index is 0.103. The summed E-state index contributed by atoms with van der Waals surface area (Å²) < 4.78 is 0. The number of hydrogen-bond acceptors (Lipinski definition) is 3. The quantitative estimate of drug-likeness (QED) is 0.865. The molecule has 1 heterocycles. The van der Waals surface area contributed by atoms with E-state index >= 15 is 0 Å². The van der Waals surface area contributed by atoms with Gasteiger partial charge in [0.05, 0.1) is 10.7 Å². The van der Waals surface area contributed by atoms with Crippen LogP contribution < -0.4 is 5.32 Å². The standard InChI is InChI=1S/C17H23ClN2S/c1-11-6-7-12(13(18)8-11)14(19-5)9-16-20-15(10-21-16)17(2,3)4/h6-8,10,14,19H,9H2,1-5H3. The first-order valence-corrected chi connectivity index (χ1v) is 8.45. The fourth-order valence-electron chi connectivity index (χ4n) is 2.21. The number of likely N-dealkylation sites (N-methyl/N-ethyl adjacent to an activating group) is 1. The number of thiazole rings is 1. The number of halogens is 1. The highest BCUT2D eigenvalue weighted by molar-refractivity contribution is 7.09. The van der Waals surface area contributed by atoms with E-state index in [2.05, 4.69) is 50.5 Å². The molecule has 0 saturated carbocycles. The predicted octanol–water partition coefficient (Wildman–Crippen LogP) is 4.91. The lowest BCUT2D eigenvalue weighted by atomic mass is 9.93. The molecule has 1 N–H and O–H groups in total. The summed E-state index contributed by atoms with van der Waals surface area (Å²) in [6, 6.07) is 6.42. The molecule has 1 aromatic carbocycles. The molecular formula is C17H23ClN2S. The van der Waals surface area contributed by atoms with Crippen LogP contribution in [0.15, 0.2) is 23.6 Å². The Bertz CT molecular complexity index is 613. The Morgan fingerprint density at radius 1 is 1.33 bits per heavy atom. The molecule has 0 aliphatic heterocycles. The van der Waals surface area contributed by atoms with Gasteiger partial charge in [-0.1, -0.05) is 44.5 Å². The van der Waals surface area contributed by atoms with Crippen molar-refractivity contribution in [1.82, 2.24) is 10.3 Å². The Hall–Kier alpha value is -0.900. The molecule has 114 valence electrons. The van der Waals surface area contributed by atoms with Crippen LogP contribution in [-0.2, 0) is 11.8 Å². The fourth-order valence-corrected chi connectivity index (χ4v) is 3.64. The van der Waals surface area contributed by atoms with Crippen LogP contribution in [0.25, 0.3) is 0 Å². The number of aryl methyl sites for hydroxylation is 1. The number of benzene rings is 1. The minimum Gasteiger partial charge on any atom is -0.313 e. The van der Waals surface area contributed by atoms with Gasteiger partial charge >= 0.3 is 0 Å². The van der Waals surface area contributed by atoms with Crippen LogP contribution in [0.1, 0.15) is 48.6 Å². The minimum absolute atomic E-state index is 0.103. The molecule has 2 nitrogen and oxygen atoms in total. The third kappa shape index (κ3) is 4.06. The van der Waals surface area contributed by atoms with Gasteiger partial charge in [-0.3, -0.25) is 0 Å². The summed E-state index contributed by atoms with van der Waals surface area (Å²) in [6.07, 6.45) is 0.861. The van der Waals surface area contributed by atoms with Crippen LogP contribution in [0.4, 0.5) is 0 Å². The van der Waals surface area contributed by atoms with Crippen molar-refractivity contribution in [3.05, 3.63) is 50.4 Å². The SMILES string of the molecule is CNC(Cc1nc(C(C)(C)C)cs1)c1ccc(C)cc1Cl. The second-order valence-electron chi connectivity index (χ2n) is 6.45. The van der Waals surface area contributed by atoms with Gasteiger partial charge in [-0.25, -0.2) is 4.98 Å². The van der Waals surface area contributed by atoms with Crippen molar-refractivity contribution in [2.75, 3.05) is 7.05 Å². The zero-order chi connectivity index (χ0) is 15.6. The van der Waals surface area contributed by atoms with Gasteiger partial charge in [0.2, 0.25) is 0 Å². The summed E-state index contributed by atoms with van der Waals surface area (Å²) in [5, 5.41) is 7.49. The third-order valence-electron chi connectivity index (χ3n) is 3.58. The number of hydrogen-bond donors (Lipinski definition) is 1. The Morgan fingerprint density at radius 3 is 2.57 bits per heavy atom. The van der Waals surface area contributed by atoms with Gasteiger partial charge in [0, 0.05) is 28.3 Å². The molecule has 21 heavy (non-hydrogen) atoms. The van der Waals surface area contributed by atoms with Gasteiger partial charge in [-0.2, -0.15) is 0 Å². The summed E-state index contributed by atoms with van der Waals surface area (Å²) >= 11 is 8.12. The second kappa shape index (κ2) is 6.47. The normalized spacial score (nSPS) is 13.4. The van der Waals surface area contributed by atoms with Crippen molar-refractivity contribution in [2.24, 2.45) is 0 Å². The topological polar surface area (TPSA) is 24.9 Å². The predicted molar refractivity (Wildman–Crippen MR) is 92.5 cm³/mol. The summed E-state index contributed by atoms with van der Waals surface area (Å²) in [6.45, 7) is 8.63. The molecule has 0 saturated heterocycles. The molecule has 0 fully saturated rings. The van der Waals surface area contributed by atoms with Crippen molar-refractivity contribution in [2.45, 2.75) is 45.6 Å². The average Bonchev–Trinajstić information content (AvgIpc) is 2.85. The second-order valence-corrected chi connectivity index (χ2v) is 7.80. The van der Waals surface area contributed by atoms with Gasteiger partial charge in [0.1, 0.15) is 0 Å². The Kier molecular flexibility index (Phi) is 5.07. The van der Waals surface area contributed by atoms with E-state index in [0.717, 1.165) is 27.7 Å². The van der Waals surface area contributed by atoms with Crippen LogP contribution in [-0.4, -0.2) is 12.0 Å². The fraction of sp³-hybridized carbons (Fsp3) is 0.471. The van der Waals surface area contributed by atoms with Crippen molar-refractivity contribution in [3.8, 4) is 0 Å². The molecule has 0 bridgehead atoms. The summed E-state index contributed by atoms with van der Waals surface area (Å²) in [4.78, 5) is 4.78. The van der Waals surface area contributed by atoms with Gasteiger partial charge in [-0.05, 0) is 31.2 Å². The van der Waals surface area contributed by atoms with E-state index in [0.29, 0.717) is 0 Å². The zero-order valence-electron chi connectivity index (χ0n) is 13.3. The van der Waals surface area contributed by atoms with Crippen LogP contribution >= 0.6 is 22.9 Å². The molecule has 1 atom stereocenters. The van der Waals surface area contributed by atoms with Crippen LogP contribution in [0.2, 0.25) is 5.02 Å². The zero-order valence-corrected chi connectivity index (χ0v) is 14.9. The number of rotatable bonds is 4. The van der Waals surface area contributed by atoms with Gasteiger partial charge < -0.3 is 5.32 Å². The molecular weight excluding hydrogens is 300 g/mol.